The Bertz CT molecular complexity index is 417. The van der Waals surface area contributed by atoms with Crippen molar-refractivity contribution in [3.05, 3.63) is 30.3 Å². The molecule has 1 aliphatic heterocycles. The van der Waals surface area contributed by atoms with Gasteiger partial charge in [-0.2, -0.15) is 0 Å². The van der Waals surface area contributed by atoms with Crippen molar-refractivity contribution in [3.63, 3.8) is 0 Å². The van der Waals surface area contributed by atoms with Crippen molar-refractivity contribution in [1.29, 1.82) is 0 Å². The summed E-state index contributed by atoms with van der Waals surface area (Å²) in [5.41, 5.74) is 0. The number of methoxy groups -OCH3 is 1. The van der Waals surface area contributed by atoms with Crippen molar-refractivity contribution in [2.24, 2.45) is 0 Å². The summed E-state index contributed by atoms with van der Waals surface area (Å²) in [5, 5.41) is 0. The predicted molar refractivity (Wildman–Crippen MR) is 64.9 cm³/mol. The molecule has 0 radical (unpaired) electrons. The monoisotopic (exact) mass is 271 g/mol. The van der Waals surface area contributed by atoms with E-state index >= 15 is 0 Å². The van der Waals surface area contributed by atoms with Gasteiger partial charge in [0.05, 0.1) is 25.0 Å². The maximum absolute atomic E-state index is 13.4. The van der Waals surface area contributed by atoms with Crippen molar-refractivity contribution in [1.82, 2.24) is 4.31 Å². The smallest absolute Gasteiger partial charge is 0.327 e. The molecule has 1 saturated heterocycles. The Kier molecular flexibility index (Phi) is 4.21. The number of ether oxygens (including phenoxy) is 1. The molecule has 0 N–H and O–H groups in total. The van der Waals surface area contributed by atoms with Crippen LogP contribution in [0, 0.1) is 0 Å². The maximum atomic E-state index is 13.4. The van der Waals surface area contributed by atoms with E-state index in [-0.39, 0.29) is 13.0 Å². The van der Waals surface area contributed by atoms with E-state index in [1.165, 1.54) is 11.4 Å². The topological polar surface area (TPSA) is 52.6 Å². The van der Waals surface area contributed by atoms with Gasteiger partial charge in [0, 0.05) is 6.42 Å². The highest BCUT2D eigenvalue weighted by Crippen LogP contribution is 2.28. The summed E-state index contributed by atoms with van der Waals surface area (Å²) in [7, 11) is 1.25. The molecule has 3 unspecified atom stereocenters. The molecule has 4 nitrogen and oxygen atoms in total. The molecular weight excluding hydrogens is 257 g/mol. The van der Waals surface area contributed by atoms with Crippen LogP contribution in [0.4, 0.5) is 4.39 Å². The van der Waals surface area contributed by atoms with E-state index in [2.05, 4.69) is 4.74 Å². The van der Waals surface area contributed by atoms with Gasteiger partial charge in [0.2, 0.25) is 0 Å². The fourth-order valence-electron chi connectivity index (χ4n) is 1.96. The summed E-state index contributed by atoms with van der Waals surface area (Å²) < 4.78 is 31.7. The minimum Gasteiger partial charge on any atom is -0.593 e. The second-order valence-corrected chi connectivity index (χ2v) is 5.47. The highest BCUT2D eigenvalue weighted by Gasteiger charge is 2.45. The average molecular weight is 271 g/mol. The molecule has 0 spiro atoms. The summed E-state index contributed by atoms with van der Waals surface area (Å²) in [6.45, 7) is -0.0126. The molecule has 6 heteroatoms. The minimum absolute atomic E-state index is 0.0126. The lowest BCUT2D eigenvalue weighted by atomic mass is 10.2. The van der Waals surface area contributed by atoms with Crippen molar-refractivity contribution >= 4 is 17.3 Å². The predicted octanol–water partition coefficient (Wildman–Crippen LogP) is 1.29. The molecule has 1 fully saturated rings. The molecule has 1 aromatic carbocycles. The van der Waals surface area contributed by atoms with E-state index in [1.54, 1.807) is 30.3 Å². The molecule has 1 aromatic rings. The number of carbonyl (C=O) groups is 1. The third-order valence-corrected chi connectivity index (χ3v) is 4.34. The third-order valence-electron chi connectivity index (χ3n) is 2.84. The zero-order chi connectivity index (χ0) is 13.1. The Hall–Kier alpha value is -1.11. The van der Waals surface area contributed by atoms with Crippen LogP contribution in [-0.2, 0) is 20.9 Å². The van der Waals surface area contributed by atoms with Crippen LogP contribution in [0.15, 0.2) is 35.2 Å². The van der Waals surface area contributed by atoms with Gasteiger partial charge < -0.3 is 9.29 Å². The summed E-state index contributed by atoms with van der Waals surface area (Å²) in [5.74, 6) is -0.542. The summed E-state index contributed by atoms with van der Waals surface area (Å²) in [4.78, 5) is 12.1. The molecule has 2 rings (SSSR count). The quantitative estimate of drug-likeness (QED) is 0.614. The van der Waals surface area contributed by atoms with Crippen LogP contribution in [0.1, 0.15) is 6.42 Å². The van der Waals surface area contributed by atoms with E-state index in [0.717, 1.165) is 0 Å². The SMILES string of the molecule is COC(=O)C1CC(F)CN1[S+]([O-])c1ccccc1. The number of nitrogens with zero attached hydrogens (tertiary/aromatic N) is 1. The van der Waals surface area contributed by atoms with Gasteiger partial charge in [-0.3, -0.25) is 4.79 Å². The van der Waals surface area contributed by atoms with Gasteiger partial charge in [-0.05, 0) is 12.1 Å². The van der Waals surface area contributed by atoms with E-state index < -0.39 is 29.5 Å². The van der Waals surface area contributed by atoms with Gasteiger partial charge in [0.25, 0.3) is 0 Å². The van der Waals surface area contributed by atoms with Gasteiger partial charge in [0.1, 0.15) is 6.17 Å². The Morgan fingerprint density at radius 2 is 2.17 bits per heavy atom. The van der Waals surface area contributed by atoms with Crippen molar-refractivity contribution in [3.8, 4) is 0 Å². The van der Waals surface area contributed by atoms with Crippen LogP contribution in [0.3, 0.4) is 0 Å². The largest absolute Gasteiger partial charge is 0.593 e. The number of benzene rings is 1. The molecule has 0 bridgehead atoms. The summed E-state index contributed by atoms with van der Waals surface area (Å²) in [6.07, 6.45) is -1.12. The first kappa shape index (κ1) is 13.3. The highest BCUT2D eigenvalue weighted by atomic mass is 32.2. The van der Waals surface area contributed by atoms with Crippen LogP contribution in [0.5, 0.6) is 0 Å². The molecule has 0 aliphatic carbocycles. The van der Waals surface area contributed by atoms with Gasteiger partial charge in [-0.15, -0.1) is 4.31 Å². The molecule has 18 heavy (non-hydrogen) atoms. The minimum atomic E-state index is -1.54. The van der Waals surface area contributed by atoms with E-state index in [1.807, 2.05) is 0 Å². The molecule has 3 atom stereocenters. The second kappa shape index (κ2) is 5.69. The first-order valence-corrected chi connectivity index (χ1v) is 6.69. The second-order valence-electron chi connectivity index (χ2n) is 4.03. The number of rotatable bonds is 3. The van der Waals surface area contributed by atoms with Gasteiger partial charge in [-0.25, -0.2) is 4.39 Å². The third kappa shape index (κ3) is 2.66. The van der Waals surface area contributed by atoms with Crippen LogP contribution >= 0.6 is 0 Å². The first-order valence-electron chi connectivity index (χ1n) is 5.59. The van der Waals surface area contributed by atoms with Crippen molar-refractivity contribution in [2.75, 3.05) is 13.7 Å². The number of halogens is 1. The first-order chi connectivity index (χ1) is 8.63. The van der Waals surface area contributed by atoms with Gasteiger partial charge in [-0.1, -0.05) is 18.2 Å². The standard InChI is InChI=1S/C12H14FNO3S/c1-17-12(15)11-7-9(13)8-14(11)18(16)10-5-3-2-4-6-10/h2-6,9,11H,7-8H2,1H3. The number of alkyl halides is 1. The number of carbonyl (C=O) groups excluding carboxylic acids is 1. The highest BCUT2D eigenvalue weighted by molar-refractivity contribution is 7.89. The normalized spacial score (nSPS) is 25.9. The Morgan fingerprint density at radius 3 is 2.78 bits per heavy atom. The maximum Gasteiger partial charge on any atom is 0.327 e. The van der Waals surface area contributed by atoms with Crippen LogP contribution in [-0.4, -0.2) is 40.7 Å². The summed E-state index contributed by atoms with van der Waals surface area (Å²) in [6, 6.07) is 7.92. The molecule has 1 aliphatic rings. The van der Waals surface area contributed by atoms with Gasteiger partial charge in [0.15, 0.2) is 10.9 Å². The zero-order valence-corrected chi connectivity index (χ0v) is 10.7. The fourth-order valence-corrected chi connectivity index (χ4v) is 3.32. The van der Waals surface area contributed by atoms with E-state index in [0.29, 0.717) is 4.90 Å². The molecule has 0 amide bonds. The van der Waals surface area contributed by atoms with E-state index in [4.69, 9.17) is 0 Å². The van der Waals surface area contributed by atoms with Crippen molar-refractivity contribution < 1.29 is 18.5 Å². The molecule has 1 heterocycles. The lowest BCUT2D eigenvalue weighted by Gasteiger charge is -2.23. The van der Waals surface area contributed by atoms with Crippen LogP contribution < -0.4 is 0 Å². The van der Waals surface area contributed by atoms with Gasteiger partial charge >= 0.3 is 5.97 Å². The van der Waals surface area contributed by atoms with Crippen LogP contribution in [0.25, 0.3) is 0 Å². The fraction of sp³-hybridized carbons (Fsp3) is 0.417. The number of esters is 1. The van der Waals surface area contributed by atoms with Crippen LogP contribution in [0.2, 0.25) is 0 Å². The van der Waals surface area contributed by atoms with Crippen molar-refractivity contribution in [2.45, 2.75) is 23.5 Å². The Balaban J connectivity index is 2.18. The average Bonchev–Trinajstić information content (AvgIpc) is 2.80. The molecule has 0 aromatic heterocycles. The Morgan fingerprint density at radius 1 is 1.50 bits per heavy atom. The zero-order valence-electron chi connectivity index (χ0n) is 9.91. The number of hydrogen-bond acceptors (Lipinski definition) is 4. The number of hydrogen-bond donors (Lipinski definition) is 0. The lowest BCUT2D eigenvalue weighted by molar-refractivity contribution is -0.144. The van der Waals surface area contributed by atoms with E-state index in [9.17, 15) is 13.7 Å². The molecule has 98 valence electrons. The Labute approximate surface area is 108 Å². The lowest BCUT2D eigenvalue weighted by Crippen LogP contribution is -2.41. The summed E-state index contributed by atoms with van der Waals surface area (Å²) >= 11 is -1.54. The molecular formula is C12H14FNO3S. The molecule has 0 saturated carbocycles.